The van der Waals surface area contributed by atoms with Crippen molar-refractivity contribution in [3.63, 3.8) is 0 Å². The number of thioether (sulfide) groups is 1. The number of carbonyl (C=O) groups excluding carboxylic acids is 2. The van der Waals surface area contributed by atoms with Crippen LogP contribution in [0.1, 0.15) is 55.5 Å². The molecule has 0 amide bonds. The molecule has 1 aromatic heterocycles. The number of carbonyl (C=O) groups is 2. The second-order valence-corrected chi connectivity index (χ2v) is 9.56. The van der Waals surface area contributed by atoms with E-state index in [1.54, 1.807) is 0 Å². The molecule has 142 valence electrons. The fourth-order valence-electron chi connectivity index (χ4n) is 5.74. The summed E-state index contributed by atoms with van der Waals surface area (Å²) in [5.74, 6) is 3.75. The topological polar surface area (TPSA) is 69.4 Å². The smallest absolute Gasteiger partial charge is 0.316 e. The number of aromatic nitrogens is 1. The molecule has 5 rings (SSSR count). The van der Waals surface area contributed by atoms with Crippen LogP contribution in [0.4, 0.5) is 0 Å². The van der Waals surface area contributed by atoms with E-state index in [2.05, 4.69) is 5.16 Å². The molecule has 0 saturated heterocycles. The van der Waals surface area contributed by atoms with Crippen LogP contribution in [0.25, 0.3) is 0 Å². The highest BCUT2D eigenvalue weighted by atomic mass is 32.2. The molecule has 4 bridgehead atoms. The molecule has 26 heavy (non-hydrogen) atoms. The van der Waals surface area contributed by atoms with Crippen LogP contribution < -0.4 is 0 Å². The van der Waals surface area contributed by atoms with E-state index in [1.165, 1.54) is 31.0 Å². The lowest BCUT2D eigenvalue weighted by Gasteiger charge is -2.55. The average Bonchev–Trinajstić information content (AvgIpc) is 2.90. The van der Waals surface area contributed by atoms with E-state index in [9.17, 15) is 9.59 Å². The summed E-state index contributed by atoms with van der Waals surface area (Å²) in [6.45, 7) is 3.73. The number of Topliss-reactive ketones (excluding diaryl/α,β-unsaturated/α-hetero) is 1. The molecule has 0 atom stereocenters. The number of ether oxygens (including phenoxy) is 1. The molecule has 4 saturated carbocycles. The van der Waals surface area contributed by atoms with Gasteiger partial charge in [-0.3, -0.25) is 9.59 Å². The predicted molar refractivity (Wildman–Crippen MR) is 98.7 cm³/mol. The largest absolute Gasteiger partial charge is 0.457 e. The van der Waals surface area contributed by atoms with Crippen molar-refractivity contribution in [2.24, 2.45) is 23.2 Å². The van der Waals surface area contributed by atoms with Crippen molar-refractivity contribution in [1.29, 1.82) is 0 Å². The van der Waals surface area contributed by atoms with Crippen LogP contribution in [0.2, 0.25) is 0 Å². The summed E-state index contributed by atoms with van der Waals surface area (Å²) in [6, 6.07) is 0. The maximum absolute atomic E-state index is 12.8. The number of ketones is 1. The van der Waals surface area contributed by atoms with Crippen LogP contribution in [0.15, 0.2) is 4.52 Å². The second kappa shape index (κ2) is 7.02. The standard InChI is InChI=1S/C20H27NO4S/c1-12-17(13(2)25-21-12)10-26-11-19(23)24-9-18(22)20-6-14-3-15(7-20)5-16(4-14)8-20/h14-16H,3-11H2,1-2H3. The van der Waals surface area contributed by atoms with Crippen LogP contribution >= 0.6 is 11.8 Å². The number of hydrogen-bond acceptors (Lipinski definition) is 6. The van der Waals surface area contributed by atoms with Crippen LogP contribution in [-0.4, -0.2) is 29.3 Å². The van der Waals surface area contributed by atoms with Gasteiger partial charge >= 0.3 is 5.97 Å². The Bertz CT molecular complexity index is 656. The Morgan fingerprint density at radius 3 is 2.31 bits per heavy atom. The van der Waals surface area contributed by atoms with Gasteiger partial charge in [0.1, 0.15) is 5.76 Å². The van der Waals surface area contributed by atoms with Crippen molar-refractivity contribution in [3.05, 3.63) is 17.0 Å². The number of aryl methyl sites for hydroxylation is 2. The van der Waals surface area contributed by atoms with Crippen molar-refractivity contribution >= 4 is 23.5 Å². The molecule has 5 nitrogen and oxygen atoms in total. The molecule has 1 aromatic rings. The fourth-order valence-corrected chi connectivity index (χ4v) is 6.71. The van der Waals surface area contributed by atoms with Gasteiger partial charge in [0.2, 0.25) is 0 Å². The Labute approximate surface area is 158 Å². The zero-order chi connectivity index (χ0) is 18.3. The minimum atomic E-state index is -0.306. The molecule has 0 aromatic carbocycles. The van der Waals surface area contributed by atoms with Crippen LogP contribution in [0.3, 0.4) is 0 Å². The minimum Gasteiger partial charge on any atom is -0.457 e. The first-order valence-electron chi connectivity index (χ1n) is 9.63. The Kier molecular flexibility index (Phi) is 4.88. The number of hydrogen-bond donors (Lipinski definition) is 0. The molecule has 4 aliphatic carbocycles. The van der Waals surface area contributed by atoms with Gasteiger partial charge in [0.25, 0.3) is 0 Å². The third-order valence-electron chi connectivity index (χ3n) is 6.64. The van der Waals surface area contributed by atoms with Crippen LogP contribution in [0, 0.1) is 37.0 Å². The van der Waals surface area contributed by atoms with E-state index >= 15 is 0 Å². The van der Waals surface area contributed by atoms with Crippen molar-refractivity contribution in [3.8, 4) is 0 Å². The lowest BCUT2D eigenvalue weighted by atomic mass is 9.48. The van der Waals surface area contributed by atoms with Gasteiger partial charge in [0.15, 0.2) is 12.4 Å². The van der Waals surface area contributed by atoms with Crippen molar-refractivity contribution in [2.45, 2.75) is 58.1 Å². The Balaban J connectivity index is 1.24. The van der Waals surface area contributed by atoms with E-state index in [-0.39, 0.29) is 29.5 Å². The van der Waals surface area contributed by atoms with Crippen LogP contribution in [0.5, 0.6) is 0 Å². The SMILES string of the molecule is Cc1noc(C)c1CSCC(=O)OCC(=O)C12CC3CC(CC(C3)C1)C2. The number of nitrogens with zero attached hydrogens (tertiary/aromatic N) is 1. The second-order valence-electron chi connectivity index (χ2n) is 8.58. The molecule has 0 N–H and O–H groups in total. The zero-order valence-electron chi connectivity index (χ0n) is 15.6. The van der Waals surface area contributed by atoms with Gasteiger partial charge in [-0.15, -0.1) is 11.8 Å². The predicted octanol–water partition coefficient (Wildman–Crippen LogP) is 3.85. The highest BCUT2D eigenvalue weighted by molar-refractivity contribution is 7.99. The van der Waals surface area contributed by atoms with Gasteiger partial charge in [-0.1, -0.05) is 5.16 Å². The lowest BCUT2D eigenvalue weighted by Crippen LogP contribution is -2.51. The Hall–Kier alpha value is -1.30. The minimum absolute atomic E-state index is 0.0448. The quantitative estimate of drug-likeness (QED) is 0.672. The summed E-state index contributed by atoms with van der Waals surface area (Å²) in [4.78, 5) is 24.9. The van der Waals surface area contributed by atoms with Crippen molar-refractivity contribution in [1.82, 2.24) is 5.16 Å². The van der Waals surface area contributed by atoms with Gasteiger partial charge in [0.05, 0.1) is 11.4 Å². The molecule has 0 unspecified atom stereocenters. The molecule has 0 aliphatic heterocycles. The average molecular weight is 378 g/mol. The monoisotopic (exact) mass is 377 g/mol. The highest BCUT2D eigenvalue weighted by Crippen LogP contribution is 2.60. The molecule has 0 radical (unpaired) electrons. The summed E-state index contributed by atoms with van der Waals surface area (Å²) >= 11 is 1.47. The van der Waals surface area contributed by atoms with E-state index in [4.69, 9.17) is 9.26 Å². The summed E-state index contributed by atoms with van der Waals surface area (Å²) in [6.07, 6.45) is 7.00. The fraction of sp³-hybridized carbons (Fsp3) is 0.750. The molecular weight excluding hydrogens is 350 g/mol. The third-order valence-corrected chi connectivity index (χ3v) is 7.57. The maximum atomic E-state index is 12.8. The van der Waals surface area contributed by atoms with E-state index in [0.29, 0.717) is 5.75 Å². The molecule has 6 heteroatoms. The summed E-state index contributed by atoms with van der Waals surface area (Å²) in [7, 11) is 0. The summed E-state index contributed by atoms with van der Waals surface area (Å²) in [5, 5.41) is 3.91. The van der Waals surface area contributed by atoms with Gasteiger partial charge < -0.3 is 9.26 Å². The summed E-state index contributed by atoms with van der Waals surface area (Å²) in [5.41, 5.74) is 1.71. The van der Waals surface area contributed by atoms with Gasteiger partial charge in [-0.05, 0) is 70.1 Å². The number of esters is 1. The van der Waals surface area contributed by atoms with Crippen molar-refractivity contribution < 1.29 is 18.8 Å². The molecule has 0 spiro atoms. The Morgan fingerprint density at radius 2 is 1.77 bits per heavy atom. The van der Waals surface area contributed by atoms with E-state index < -0.39 is 0 Å². The van der Waals surface area contributed by atoms with Crippen molar-refractivity contribution in [2.75, 3.05) is 12.4 Å². The van der Waals surface area contributed by atoms with Gasteiger partial charge in [0, 0.05) is 16.7 Å². The highest BCUT2D eigenvalue weighted by Gasteiger charge is 2.54. The van der Waals surface area contributed by atoms with Gasteiger partial charge in [-0.25, -0.2) is 0 Å². The molecule has 1 heterocycles. The third kappa shape index (κ3) is 3.45. The molecule has 4 aliphatic rings. The van der Waals surface area contributed by atoms with Crippen LogP contribution in [-0.2, 0) is 20.1 Å². The van der Waals surface area contributed by atoms with Gasteiger partial charge in [-0.2, -0.15) is 0 Å². The zero-order valence-corrected chi connectivity index (χ0v) is 16.4. The Morgan fingerprint density at radius 1 is 1.15 bits per heavy atom. The maximum Gasteiger partial charge on any atom is 0.316 e. The molecule has 4 fully saturated rings. The van der Waals surface area contributed by atoms with E-state index in [1.807, 2.05) is 13.8 Å². The first-order valence-corrected chi connectivity index (χ1v) is 10.8. The summed E-state index contributed by atoms with van der Waals surface area (Å²) < 4.78 is 10.4. The normalized spacial score (nSPS) is 32.0. The molecular formula is C20H27NO4S. The lowest BCUT2D eigenvalue weighted by molar-refractivity contribution is -0.156. The first-order chi connectivity index (χ1) is 12.4. The number of rotatable bonds is 7. The first kappa shape index (κ1) is 18.1. The van der Waals surface area contributed by atoms with E-state index in [0.717, 1.165) is 54.0 Å².